The normalized spacial score (nSPS) is 10.0. The van der Waals surface area contributed by atoms with Crippen LogP contribution in [0.2, 0.25) is 0 Å². The highest BCUT2D eigenvalue weighted by atomic mass is 16.4. The number of carbonyl (C=O) groups is 1. The van der Waals surface area contributed by atoms with Crippen LogP contribution in [0.3, 0.4) is 0 Å². The van der Waals surface area contributed by atoms with Crippen LogP contribution in [0.15, 0.2) is 24.8 Å². The van der Waals surface area contributed by atoms with E-state index in [2.05, 4.69) is 20.1 Å². The quantitative estimate of drug-likeness (QED) is 0.703. The second-order valence-electron chi connectivity index (χ2n) is 2.37. The lowest BCUT2D eigenvalue weighted by molar-refractivity contribution is 0.0683. The first kappa shape index (κ1) is 8.30. The molecule has 0 aliphatic heterocycles. The molecule has 0 atom stereocenters. The van der Waals surface area contributed by atoms with Gasteiger partial charge in [0, 0.05) is 12.4 Å². The molecule has 0 saturated carbocycles. The minimum atomic E-state index is -1.18. The topological polar surface area (TPSA) is 93.8 Å². The maximum atomic E-state index is 10.5. The Kier molecular flexibility index (Phi) is 1.90. The molecule has 70 valence electrons. The standard InChI is InChI=1S/C7H5N5O2/c13-6(14)5-10-4-12(11-5)7-8-2-1-3-9-7/h1-4H,(H,13,14). The highest BCUT2D eigenvalue weighted by Gasteiger charge is 2.10. The van der Waals surface area contributed by atoms with E-state index in [0.29, 0.717) is 0 Å². The van der Waals surface area contributed by atoms with Crippen LogP contribution in [0, 0.1) is 0 Å². The smallest absolute Gasteiger partial charge is 0.375 e. The van der Waals surface area contributed by atoms with E-state index < -0.39 is 5.97 Å². The van der Waals surface area contributed by atoms with Crippen LogP contribution in [0.1, 0.15) is 10.6 Å². The van der Waals surface area contributed by atoms with Crippen molar-refractivity contribution in [2.24, 2.45) is 0 Å². The van der Waals surface area contributed by atoms with Crippen molar-refractivity contribution in [3.63, 3.8) is 0 Å². The van der Waals surface area contributed by atoms with Gasteiger partial charge in [-0.1, -0.05) is 0 Å². The molecule has 0 aromatic carbocycles. The zero-order valence-corrected chi connectivity index (χ0v) is 6.90. The molecule has 0 spiro atoms. The molecule has 0 amide bonds. The number of nitrogens with zero attached hydrogens (tertiary/aromatic N) is 5. The predicted molar refractivity (Wildman–Crippen MR) is 43.9 cm³/mol. The van der Waals surface area contributed by atoms with Crippen molar-refractivity contribution >= 4 is 5.97 Å². The molecule has 0 fully saturated rings. The number of aromatic carboxylic acids is 1. The third-order valence-corrected chi connectivity index (χ3v) is 1.44. The van der Waals surface area contributed by atoms with Crippen LogP contribution in [0.5, 0.6) is 0 Å². The molecule has 2 aromatic heterocycles. The summed E-state index contributed by atoms with van der Waals surface area (Å²) in [5.41, 5.74) is 0. The van der Waals surface area contributed by atoms with Crippen LogP contribution in [-0.2, 0) is 0 Å². The average Bonchev–Trinajstić information content (AvgIpc) is 2.68. The molecular weight excluding hydrogens is 186 g/mol. The van der Waals surface area contributed by atoms with Gasteiger partial charge in [-0.2, -0.15) is 4.68 Å². The van der Waals surface area contributed by atoms with E-state index in [1.54, 1.807) is 6.07 Å². The highest BCUT2D eigenvalue weighted by molar-refractivity contribution is 5.82. The average molecular weight is 191 g/mol. The highest BCUT2D eigenvalue weighted by Crippen LogP contribution is 1.96. The van der Waals surface area contributed by atoms with Crippen molar-refractivity contribution in [1.82, 2.24) is 24.7 Å². The Morgan fingerprint density at radius 3 is 2.57 bits per heavy atom. The second-order valence-corrected chi connectivity index (χ2v) is 2.37. The minimum Gasteiger partial charge on any atom is -0.475 e. The largest absolute Gasteiger partial charge is 0.475 e. The first-order valence-corrected chi connectivity index (χ1v) is 3.70. The van der Waals surface area contributed by atoms with E-state index in [0.717, 1.165) is 0 Å². The number of hydrogen-bond acceptors (Lipinski definition) is 5. The van der Waals surface area contributed by atoms with Crippen LogP contribution in [0.4, 0.5) is 0 Å². The van der Waals surface area contributed by atoms with Crippen molar-refractivity contribution in [1.29, 1.82) is 0 Å². The summed E-state index contributed by atoms with van der Waals surface area (Å²) in [4.78, 5) is 21.8. The van der Waals surface area contributed by atoms with Crippen molar-refractivity contribution < 1.29 is 9.90 Å². The molecular formula is C7H5N5O2. The first-order chi connectivity index (χ1) is 6.77. The summed E-state index contributed by atoms with van der Waals surface area (Å²) in [6.45, 7) is 0. The molecule has 2 heterocycles. The molecule has 0 saturated heterocycles. The second kappa shape index (κ2) is 3.21. The van der Waals surface area contributed by atoms with E-state index in [-0.39, 0.29) is 11.8 Å². The Bertz CT molecular complexity index is 452. The third kappa shape index (κ3) is 1.42. The SMILES string of the molecule is O=C(O)c1ncn(-c2ncccn2)n1. The Labute approximate surface area is 78.1 Å². The molecule has 0 unspecified atom stereocenters. The lowest BCUT2D eigenvalue weighted by Crippen LogP contribution is -2.04. The first-order valence-electron chi connectivity index (χ1n) is 3.70. The predicted octanol–water partition coefficient (Wildman–Crippen LogP) is -0.244. The third-order valence-electron chi connectivity index (χ3n) is 1.44. The summed E-state index contributed by atoms with van der Waals surface area (Å²) >= 11 is 0. The molecule has 2 rings (SSSR count). The lowest BCUT2D eigenvalue weighted by Gasteiger charge is -1.94. The zero-order chi connectivity index (χ0) is 9.97. The van der Waals surface area contributed by atoms with Gasteiger partial charge in [-0.3, -0.25) is 0 Å². The Balaban J connectivity index is 2.39. The van der Waals surface area contributed by atoms with Gasteiger partial charge in [0.25, 0.3) is 11.8 Å². The van der Waals surface area contributed by atoms with Crippen molar-refractivity contribution in [2.45, 2.75) is 0 Å². The van der Waals surface area contributed by atoms with Gasteiger partial charge in [0.2, 0.25) is 0 Å². The monoisotopic (exact) mass is 191 g/mol. The van der Waals surface area contributed by atoms with Gasteiger partial charge in [-0.15, -0.1) is 5.10 Å². The Hall–Kier alpha value is -2.31. The summed E-state index contributed by atoms with van der Waals surface area (Å²) < 4.78 is 1.20. The van der Waals surface area contributed by atoms with Crippen LogP contribution >= 0.6 is 0 Å². The summed E-state index contributed by atoms with van der Waals surface area (Å²) in [5.74, 6) is -1.18. The minimum absolute atomic E-state index is 0.280. The molecule has 2 aromatic rings. The maximum absolute atomic E-state index is 10.5. The van der Waals surface area contributed by atoms with E-state index in [1.807, 2.05) is 0 Å². The van der Waals surface area contributed by atoms with Crippen LogP contribution in [-0.4, -0.2) is 35.8 Å². The van der Waals surface area contributed by atoms with E-state index in [1.165, 1.54) is 23.4 Å². The molecule has 7 nitrogen and oxygen atoms in total. The van der Waals surface area contributed by atoms with E-state index in [9.17, 15) is 4.79 Å². The van der Waals surface area contributed by atoms with Crippen molar-refractivity contribution in [3.05, 3.63) is 30.6 Å². The molecule has 1 N–H and O–H groups in total. The van der Waals surface area contributed by atoms with Gasteiger partial charge < -0.3 is 5.11 Å². The summed E-state index contributed by atoms with van der Waals surface area (Å²) in [5, 5.41) is 12.2. The molecule has 7 heteroatoms. The number of carboxylic acid groups (broad SMARTS) is 1. The Morgan fingerprint density at radius 2 is 2.00 bits per heavy atom. The fraction of sp³-hybridized carbons (Fsp3) is 0. The van der Waals surface area contributed by atoms with Gasteiger partial charge >= 0.3 is 5.97 Å². The van der Waals surface area contributed by atoms with Crippen LogP contribution < -0.4 is 0 Å². The maximum Gasteiger partial charge on any atom is 0.375 e. The Morgan fingerprint density at radius 1 is 1.29 bits per heavy atom. The summed E-state index contributed by atoms with van der Waals surface area (Å²) in [6.07, 6.45) is 4.31. The molecule has 0 bridgehead atoms. The van der Waals surface area contributed by atoms with Gasteiger partial charge in [-0.25, -0.2) is 19.7 Å². The lowest BCUT2D eigenvalue weighted by atomic mass is 10.7. The van der Waals surface area contributed by atoms with E-state index in [4.69, 9.17) is 5.11 Å². The molecule has 14 heavy (non-hydrogen) atoms. The fourth-order valence-electron chi connectivity index (χ4n) is 0.867. The number of rotatable bonds is 2. The number of aromatic nitrogens is 5. The number of carboxylic acids is 1. The summed E-state index contributed by atoms with van der Waals surface area (Å²) in [7, 11) is 0. The van der Waals surface area contributed by atoms with Gasteiger partial charge in [0.1, 0.15) is 6.33 Å². The van der Waals surface area contributed by atoms with E-state index >= 15 is 0 Å². The van der Waals surface area contributed by atoms with Gasteiger partial charge in [0.15, 0.2) is 0 Å². The molecule has 0 radical (unpaired) electrons. The summed E-state index contributed by atoms with van der Waals surface area (Å²) in [6, 6.07) is 1.65. The fourth-order valence-corrected chi connectivity index (χ4v) is 0.867. The van der Waals surface area contributed by atoms with Crippen LogP contribution in [0.25, 0.3) is 5.95 Å². The molecule has 0 aliphatic carbocycles. The zero-order valence-electron chi connectivity index (χ0n) is 6.90. The van der Waals surface area contributed by atoms with Crippen molar-refractivity contribution in [3.8, 4) is 5.95 Å². The number of hydrogen-bond donors (Lipinski definition) is 1. The van der Waals surface area contributed by atoms with Gasteiger partial charge in [0.05, 0.1) is 0 Å². The van der Waals surface area contributed by atoms with Gasteiger partial charge in [-0.05, 0) is 6.07 Å². The van der Waals surface area contributed by atoms with Crippen molar-refractivity contribution in [2.75, 3.05) is 0 Å². The molecule has 0 aliphatic rings.